The summed E-state index contributed by atoms with van der Waals surface area (Å²) in [6, 6.07) is 10.1. The fourth-order valence-corrected chi connectivity index (χ4v) is 4.28. The van der Waals surface area contributed by atoms with E-state index in [2.05, 4.69) is 20.7 Å². The van der Waals surface area contributed by atoms with Gasteiger partial charge in [-0.3, -0.25) is 4.79 Å². The standard InChI is InChI=1S/C22H23F2N5O2/c1-21(2)15-7-6-14(12-16(15)26-19(21)30)25-20-27-18-5-3-4-17(29(18)28-20)22(23,24)13-8-10-31-11-9-13/h3-7,12-13H,8-11H2,1-2H3,(H,25,28)(H,26,30). The first kappa shape index (κ1) is 19.9. The highest BCUT2D eigenvalue weighted by atomic mass is 19.3. The molecule has 2 aromatic heterocycles. The number of anilines is 3. The lowest BCUT2D eigenvalue weighted by atomic mass is 9.86. The van der Waals surface area contributed by atoms with Crippen molar-refractivity contribution in [3.63, 3.8) is 0 Å². The number of nitrogens with one attached hydrogen (secondary N) is 2. The summed E-state index contributed by atoms with van der Waals surface area (Å²) in [6.45, 7) is 4.41. The van der Waals surface area contributed by atoms with Gasteiger partial charge in [0.2, 0.25) is 11.9 Å². The number of ether oxygens (including phenoxy) is 1. The summed E-state index contributed by atoms with van der Waals surface area (Å²) >= 11 is 0. The molecule has 0 saturated carbocycles. The van der Waals surface area contributed by atoms with Crippen LogP contribution in [0.5, 0.6) is 0 Å². The molecule has 2 N–H and O–H groups in total. The molecule has 9 heteroatoms. The molecule has 1 aromatic carbocycles. The molecule has 4 heterocycles. The molecule has 3 aromatic rings. The molecular formula is C22H23F2N5O2. The number of aromatic nitrogens is 3. The van der Waals surface area contributed by atoms with Gasteiger partial charge in [0.25, 0.3) is 5.92 Å². The Morgan fingerprint density at radius 2 is 2.00 bits per heavy atom. The summed E-state index contributed by atoms with van der Waals surface area (Å²) in [5.74, 6) is -3.70. The van der Waals surface area contributed by atoms with Gasteiger partial charge >= 0.3 is 0 Å². The van der Waals surface area contributed by atoms with Gasteiger partial charge in [0.15, 0.2) is 5.65 Å². The number of carbonyl (C=O) groups is 1. The zero-order valence-corrected chi connectivity index (χ0v) is 17.3. The maximum atomic E-state index is 15.3. The van der Waals surface area contributed by atoms with Crippen LogP contribution in [0.4, 0.5) is 26.1 Å². The largest absolute Gasteiger partial charge is 0.381 e. The van der Waals surface area contributed by atoms with Crippen LogP contribution in [0.15, 0.2) is 36.4 Å². The van der Waals surface area contributed by atoms with Crippen LogP contribution in [0.25, 0.3) is 5.65 Å². The molecule has 1 saturated heterocycles. The Bertz CT molecular complexity index is 1170. The molecule has 0 aliphatic carbocycles. The number of nitrogens with zero attached hydrogens (tertiary/aromatic N) is 3. The van der Waals surface area contributed by atoms with Gasteiger partial charge in [-0.15, -0.1) is 5.10 Å². The molecule has 0 bridgehead atoms. The number of hydrogen-bond acceptors (Lipinski definition) is 5. The van der Waals surface area contributed by atoms with Gasteiger partial charge < -0.3 is 15.4 Å². The van der Waals surface area contributed by atoms with Crippen LogP contribution < -0.4 is 10.6 Å². The van der Waals surface area contributed by atoms with Crippen LogP contribution in [0, 0.1) is 5.92 Å². The molecule has 5 rings (SSSR count). The summed E-state index contributed by atoms with van der Waals surface area (Å²) in [4.78, 5) is 16.5. The molecule has 1 amide bonds. The summed E-state index contributed by atoms with van der Waals surface area (Å²) in [6.07, 6.45) is 0.612. The quantitative estimate of drug-likeness (QED) is 0.652. The smallest absolute Gasteiger partial charge is 0.292 e. The number of rotatable bonds is 4. The lowest BCUT2D eigenvalue weighted by Gasteiger charge is -2.30. The molecular weight excluding hydrogens is 404 g/mol. The number of alkyl halides is 2. The van der Waals surface area contributed by atoms with Gasteiger partial charge in [0.05, 0.1) is 5.41 Å². The number of fused-ring (bicyclic) bond motifs is 2. The van der Waals surface area contributed by atoms with Crippen molar-refractivity contribution in [2.75, 3.05) is 23.8 Å². The molecule has 7 nitrogen and oxygen atoms in total. The predicted octanol–water partition coefficient (Wildman–Crippen LogP) is 4.22. The molecule has 2 aliphatic heterocycles. The maximum Gasteiger partial charge on any atom is 0.292 e. The Hall–Kier alpha value is -3.07. The van der Waals surface area contributed by atoms with E-state index in [1.807, 2.05) is 26.0 Å². The van der Waals surface area contributed by atoms with Crippen LogP contribution in [0.2, 0.25) is 0 Å². The third kappa shape index (κ3) is 3.23. The molecule has 1 fully saturated rings. The Labute approximate surface area is 177 Å². The van der Waals surface area contributed by atoms with Gasteiger partial charge in [-0.1, -0.05) is 12.1 Å². The normalized spacial score (nSPS) is 18.8. The number of carbonyl (C=O) groups excluding carboxylic acids is 1. The Morgan fingerprint density at radius 1 is 1.23 bits per heavy atom. The second kappa shape index (κ2) is 6.98. The highest BCUT2D eigenvalue weighted by Crippen LogP contribution is 2.41. The van der Waals surface area contributed by atoms with Crippen molar-refractivity contribution in [2.45, 2.75) is 38.0 Å². The predicted molar refractivity (Wildman–Crippen MR) is 112 cm³/mol. The first-order valence-electron chi connectivity index (χ1n) is 10.3. The number of benzene rings is 1. The zero-order valence-electron chi connectivity index (χ0n) is 17.3. The SMILES string of the molecule is CC1(C)C(=O)Nc2cc(Nc3nc4cccc(C(F)(F)C5CCOCC5)n4n3)ccc21. The minimum absolute atomic E-state index is 0.0644. The van der Waals surface area contributed by atoms with Gasteiger partial charge in [0, 0.05) is 30.5 Å². The highest BCUT2D eigenvalue weighted by molar-refractivity contribution is 6.06. The van der Waals surface area contributed by atoms with E-state index in [-0.39, 0.29) is 17.5 Å². The van der Waals surface area contributed by atoms with Crippen LogP contribution >= 0.6 is 0 Å². The molecule has 0 unspecified atom stereocenters. The number of amides is 1. The summed E-state index contributed by atoms with van der Waals surface area (Å²) in [7, 11) is 0. The van der Waals surface area contributed by atoms with Crippen LogP contribution in [-0.2, 0) is 20.9 Å². The third-order valence-electron chi connectivity index (χ3n) is 6.20. The monoisotopic (exact) mass is 427 g/mol. The lowest BCUT2D eigenvalue weighted by molar-refractivity contribution is -0.119. The second-order valence-electron chi connectivity index (χ2n) is 8.59. The average molecular weight is 427 g/mol. The fraction of sp³-hybridized carbons (Fsp3) is 0.409. The van der Waals surface area contributed by atoms with E-state index in [1.54, 1.807) is 18.2 Å². The highest BCUT2D eigenvalue weighted by Gasteiger charge is 2.44. The van der Waals surface area contributed by atoms with Gasteiger partial charge in [0.1, 0.15) is 5.69 Å². The van der Waals surface area contributed by atoms with E-state index in [1.165, 1.54) is 10.6 Å². The fourth-order valence-electron chi connectivity index (χ4n) is 4.28. The third-order valence-corrected chi connectivity index (χ3v) is 6.20. The average Bonchev–Trinajstić information content (AvgIpc) is 3.25. The topological polar surface area (TPSA) is 80.5 Å². The minimum atomic E-state index is -3.04. The zero-order chi connectivity index (χ0) is 21.8. The van der Waals surface area contributed by atoms with Crippen molar-refractivity contribution in [2.24, 2.45) is 5.92 Å². The molecule has 2 aliphatic rings. The second-order valence-corrected chi connectivity index (χ2v) is 8.59. The first-order chi connectivity index (χ1) is 14.8. The van der Waals surface area contributed by atoms with E-state index in [9.17, 15) is 4.79 Å². The minimum Gasteiger partial charge on any atom is -0.381 e. The summed E-state index contributed by atoms with van der Waals surface area (Å²) < 4.78 is 37.0. The van der Waals surface area contributed by atoms with E-state index in [0.29, 0.717) is 37.4 Å². The lowest BCUT2D eigenvalue weighted by Crippen LogP contribution is -2.33. The molecule has 0 atom stereocenters. The Morgan fingerprint density at radius 3 is 2.77 bits per heavy atom. The van der Waals surface area contributed by atoms with E-state index in [0.717, 1.165) is 11.3 Å². The Balaban J connectivity index is 1.46. The molecule has 0 spiro atoms. The van der Waals surface area contributed by atoms with Crippen molar-refractivity contribution in [1.82, 2.24) is 14.6 Å². The van der Waals surface area contributed by atoms with Crippen LogP contribution in [0.1, 0.15) is 37.9 Å². The van der Waals surface area contributed by atoms with Crippen molar-refractivity contribution in [1.29, 1.82) is 0 Å². The first-order valence-corrected chi connectivity index (χ1v) is 10.3. The van der Waals surface area contributed by atoms with Gasteiger partial charge in [-0.2, -0.15) is 13.8 Å². The maximum absolute atomic E-state index is 15.3. The summed E-state index contributed by atoms with van der Waals surface area (Å²) in [5, 5.41) is 10.2. The van der Waals surface area contributed by atoms with Crippen molar-refractivity contribution in [3.8, 4) is 0 Å². The number of pyridine rings is 1. The van der Waals surface area contributed by atoms with Crippen LogP contribution in [0.3, 0.4) is 0 Å². The summed E-state index contributed by atoms with van der Waals surface area (Å²) in [5.41, 5.74) is 1.84. The number of hydrogen-bond donors (Lipinski definition) is 2. The van der Waals surface area contributed by atoms with Crippen molar-refractivity contribution in [3.05, 3.63) is 47.7 Å². The van der Waals surface area contributed by atoms with E-state index < -0.39 is 17.3 Å². The Kier molecular flexibility index (Phi) is 4.47. The van der Waals surface area contributed by atoms with Gasteiger partial charge in [-0.25, -0.2) is 4.52 Å². The molecule has 162 valence electrons. The van der Waals surface area contributed by atoms with E-state index in [4.69, 9.17) is 4.74 Å². The van der Waals surface area contributed by atoms with Crippen molar-refractivity contribution < 1.29 is 18.3 Å². The number of halogens is 2. The van der Waals surface area contributed by atoms with E-state index >= 15 is 8.78 Å². The molecule has 0 radical (unpaired) electrons. The van der Waals surface area contributed by atoms with Gasteiger partial charge in [-0.05, 0) is 56.5 Å². The van der Waals surface area contributed by atoms with Crippen molar-refractivity contribution >= 4 is 28.9 Å². The van der Waals surface area contributed by atoms with Crippen LogP contribution in [-0.4, -0.2) is 33.7 Å². The molecule has 31 heavy (non-hydrogen) atoms.